The summed E-state index contributed by atoms with van der Waals surface area (Å²) in [6, 6.07) is 13.4. The van der Waals surface area contributed by atoms with Crippen LogP contribution in [0.5, 0.6) is 0 Å². The zero-order valence-corrected chi connectivity index (χ0v) is 240. The smallest absolute Gasteiger partial charge is 0.0377 e. The van der Waals surface area contributed by atoms with Crippen LogP contribution >= 0.6 is 0 Å². The molecule has 71 heteroatoms. The molecule has 0 saturated heterocycles. The van der Waals surface area contributed by atoms with Gasteiger partial charge < -0.3 is 4.90 Å². The fourth-order valence-corrected chi connectivity index (χ4v) is 1.10. The van der Waals surface area contributed by atoms with E-state index in [4.69, 9.17) is 0 Å². The van der Waals surface area contributed by atoms with Gasteiger partial charge in [-0.05, 0) is 0 Å². The Bertz CT molecular complexity index is 400. The largest absolute Gasteiger partial charge is 0.346 e. The predicted molar refractivity (Wildman–Crippen MR) is 54.2 cm³/mol. The van der Waals surface area contributed by atoms with E-state index < -0.39 is 0 Å². The molecule has 2 heterocycles. The molecule has 0 aliphatic carbocycles. The summed E-state index contributed by atoms with van der Waals surface area (Å²) in [5, 5.41) is 0. The third-order valence-corrected chi connectivity index (χ3v) is 1.82. The van der Waals surface area contributed by atoms with Crippen molar-refractivity contribution in [2.75, 3.05) is 11.9 Å². The first-order valence-corrected chi connectivity index (χ1v) is 4.27. The van der Waals surface area contributed by atoms with Crippen molar-refractivity contribution in [1.82, 2.24) is 9.97 Å². The van der Waals surface area contributed by atoms with Gasteiger partial charge in [-0.15, -0.1) is 0 Å². The molecule has 0 aliphatic rings. The number of nitrogens with zero attached hydrogens (tertiary/aromatic N) is 3. The normalized spacial score (nSPS) is 1.67. The first-order valence-electron chi connectivity index (χ1n) is 4.27. The van der Waals surface area contributed by atoms with E-state index in [1.54, 1.807) is 12.4 Å². The topological polar surface area (TPSA) is 29.0 Å². The van der Waals surface area contributed by atoms with Crippen LogP contribution in [0.1, 0.15) is 0 Å². The Labute approximate surface area is 2220 Å². The van der Waals surface area contributed by atoms with Gasteiger partial charge in [0.1, 0.15) is 0 Å². The van der Waals surface area contributed by atoms with Crippen LogP contribution in [0.2, 0.25) is 0 Å². The molecule has 0 atom stereocenters. The van der Waals surface area contributed by atoms with Crippen molar-refractivity contribution in [2.24, 2.45) is 0 Å². The molecular weight excluding hydrogens is 6220 g/mol. The maximum atomic E-state index is 4.17. The first-order chi connectivity index (χ1) is 6.88. The van der Waals surface area contributed by atoms with E-state index in [1.807, 2.05) is 36.2 Å². The van der Waals surface area contributed by atoms with Crippen LogP contribution < -0.4 is 4.90 Å². The average Bonchev–Trinajstić information content (AvgIpc) is 2.30. The molecular formula is C11H9N3Y68-2. The molecule has 0 aromatic carbocycles. The maximum absolute atomic E-state index is 4.17. The summed E-state index contributed by atoms with van der Waals surface area (Å²) < 4.78 is 0. The Morgan fingerprint density at radius 1 is 0.183 bits per heavy atom. The summed E-state index contributed by atoms with van der Waals surface area (Å²) in [6.45, 7) is 0. The van der Waals surface area contributed by atoms with Crippen molar-refractivity contribution < 1.29 is 2220 Å². The summed E-state index contributed by atoms with van der Waals surface area (Å²) in [6.07, 6.45) is 3.45. The molecule has 0 fully saturated rings. The summed E-state index contributed by atoms with van der Waals surface area (Å²) in [7, 11) is 1.89. The number of hydrogen-bond donors (Lipinski definition) is 0. The van der Waals surface area contributed by atoms with Crippen LogP contribution in [0.3, 0.4) is 0 Å². The second-order valence-electron chi connectivity index (χ2n) is 2.77. The van der Waals surface area contributed by atoms with Gasteiger partial charge in [-0.1, -0.05) is 12.4 Å². The monoisotopic (exact) mass is 6230 g/mol. The van der Waals surface area contributed by atoms with Crippen molar-refractivity contribution in [2.45, 2.75) is 0 Å². The Kier molecular flexibility index (Phi) is 2460. The average molecular weight is 6230 g/mol. The molecule has 2 aromatic heterocycles. The van der Waals surface area contributed by atoms with E-state index in [0.717, 1.165) is 11.6 Å². The van der Waals surface area contributed by atoms with Crippen LogP contribution in [-0.2, 0) is 2220 Å². The van der Waals surface area contributed by atoms with E-state index in [-0.39, 0.29) is 2220 Å². The minimum absolute atomic E-state index is 0. The van der Waals surface area contributed by atoms with Crippen LogP contribution in [0.4, 0.5) is 11.6 Å². The van der Waals surface area contributed by atoms with Gasteiger partial charge in [0.25, 0.3) is 0 Å². The van der Waals surface area contributed by atoms with E-state index in [1.165, 1.54) is 0 Å². The number of aromatic nitrogens is 2. The Morgan fingerprint density at radius 3 is 0.329 bits per heavy atom. The molecule has 0 amide bonds. The third-order valence-electron chi connectivity index (χ3n) is 1.82. The van der Waals surface area contributed by atoms with Gasteiger partial charge in [0.2, 0.25) is 0 Å². The van der Waals surface area contributed by atoms with E-state index in [2.05, 4.69) is 22.1 Å². The van der Waals surface area contributed by atoms with Gasteiger partial charge in [-0.25, -0.2) is 24.3 Å². The zero-order valence-electron chi connectivity index (χ0n) is 47.1. The summed E-state index contributed by atoms with van der Waals surface area (Å²) in [5.41, 5.74) is 0. The molecule has 3 nitrogen and oxygen atoms in total. The number of rotatable bonds is 2. The number of pyridine rings is 2. The molecule has 82 heavy (non-hydrogen) atoms. The molecule has 0 unspecified atom stereocenters. The molecule has 0 N–H and O–H groups in total. The minimum Gasteiger partial charge on any atom is -0.346 e. The second-order valence-corrected chi connectivity index (χ2v) is 2.77. The molecule has 0 aliphatic heterocycles. The predicted octanol–water partition coefficient (Wildman–Crippen LogP) is 1.67. The fourth-order valence-electron chi connectivity index (χ4n) is 1.10. The Hall–Kier alpha value is 73.2. The Morgan fingerprint density at radius 2 is 0.268 bits per heavy atom. The van der Waals surface area contributed by atoms with Crippen LogP contribution in [0.25, 0.3) is 0 Å². The van der Waals surface area contributed by atoms with Crippen molar-refractivity contribution in [3.63, 3.8) is 0 Å². The van der Waals surface area contributed by atoms with Crippen LogP contribution in [-0.4, -0.2) is 17.0 Å². The molecule has 0 spiro atoms. The summed E-state index contributed by atoms with van der Waals surface area (Å²) in [4.78, 5) is 10.2. The molecule has 0 bridgehead atoms. The summed E-state index contributed by atoms with van der Waals surface area (Å²) in [5.74, 6) is 1.48. The maximum Gasteiger partial charge on any atom is 0.0377 e. The zero-order chi connectivity index (χ0) is 9.80. The quantitative estimate of drug-likeness (QED) is 0.430. The third kappa shape index (κ3) is 376. The standard InChI is InChI=1S/C11H9N3.68Y/c1-14(10-6-2-4-8-12-10)11-7-3-5-9-13-11;;;;;;;;;;;;;;;;;;;;;;;;;;;;;;;;;;;;;;;;;;;;;;;;;;;;;;;;;;;;;;;;;;;;/h2-5,8-9H,1H3;;;;;;;;;;;;;;;;;;;;;;;;;;;;;;;;;;;;;;;;;;;;;;;;;;;;;;;;;;;;;;;;;;;;/q-2;;;;;;;;;;;;;;;;;;;;;;;;;;;;;;;;;;;;;;;;;;;;;;;;;;;;;;;;;;;;;;;;;;;;. The van der Waals surface area contributed by atoms with Crippen LogP contribution in [0, 0.1) is 12.1 Å². The van der Waals surface area contributed by atoms with E-state index >= 15 is 0 Å². The van der Waals surface area contributed by atoms with Crippen molar-refractivity contribution in [3.8, 4) is 0 Å². The van der Waals surface area contributed by atoms with Gasteiger partial charge in [0.15, 0.2) is 0 Å². The summed E-state index contributed by atoms with van der Waals surface area (Å²) >= 11 is 0. The molecule has 68 radical (unpaired) electrons. The van der Waals surface area contributed by atoms with Gasteiger partial charge in [0.05, 0.1) is 0 Å². The number of anilines is 2. The van der Waals surface area contributed by atoms with Gasteiger partial charge in [0, 0.05) is 2240 Å². The van der Waals surface area contributed by atoms with Crippen LogP contribution in [0.15, 0.2) is 36.7 Å². The SMILES string of the molecule is CN(c1[c-]cccn1)c1[c-]cccn1.[Y].[Y].[Y].[Y].[Y].[Y].[Y].[Y].[Y].[Y].[Y].[Y].[Y].[Y].[Y].[Y].[Y].[Y].[Y].[Y].[Y].[Y].[Y].[Y].[Y].[Y].[Y].[Y].[Y].[Y].[Y].[Y].[Y].[Y].[Y].[Y].[Y].[Y].[Y].[Y].[Y].[Y].[Y].[Y].[Y].[Y].[Y].[Y].[Y].[Y].[Y].[Y].[Y].[Y].[Y].[Y].[Y].[Y].[Y].[Y].[Y].[Y].[Y].[Y].[Y].[Y].[Y].[Y]. The van der Waals surface area contributed by atoms with Gasteiger partial charge >= 0.3 is 0 Å². The molecule has 2 rings (SSSR count). The molecule has 0 saturated carbocycles. The van der Waals surface area contributed by atoms with Gasteiger partial charge in [-0.3, -0.25) is 9.97 Å². The molecule has 2 aromatic rings. The van der Waals surface area contributed by atoms with Crippen molar-refractivity contribution >= 4 is 11.6 Å². The molecule has 274 valence electrons. The van der Waals surface area contributed by atoms with Gasteiger partial charge in [-0.2, -0.15) is 12.1 Å². The minimum atomic E-state index is 0. The fraction of sp³-hybridized carbons (Fsp3) is 0.0909. The van der Waals surface area contributed by atoms with E-state index in [9.17, 15) is 0 Å². The Balaban J connectivity index is -0.000000000509. The second kappa shape index (κ2) is 426. The number of hydrogen-bond acceptors (Lipinski definition) is 3. The van der Waals surface area contributed by atoms with Crippen molar-refractivity contribution in [3.05, 3.63) is 48.8 Å². The van der Waals surface area contributed by atoms with Crippen molar-refractivity contribution in [1.29, 1.82) is 0 Å². The first kappa shape index (κ1) is 474. The van der Waals surface area contributed by atoms with E-state index in [0.29, 0.717) is 0 Å².